The zero-order chi connectivity index (χ0) is 16.4. The molecule has 1 aliphatic carbocycles. The minimum atomic E-state index is -3.74. The molecule has 0 aromatic rings. The Morgan fingerprint density at radius 1 is 0.870 bits per heavy atom. The molecule has 3 aliphatic rings. The van der Waals surface area contributed by atoms with Gasteiger partial charge in [0.2, 0.25) is 11.8 Å². The molecule has 1 atom stereocenters. The molecule has 8 heteroatoms. The molecule has 23 heavy (non-hydrogen) atoms. The lowest BCUT2D eigenvalue weighted by Gasteiger charge is -2.33. The van der Waals surface area contributed by atoms with E-state index in [0.29, 0.717) is 32.6 Å². The summed E-state index contributed by atoms with van der Waals surface area (Å²) in [6, 6.07) is 0. The summed E-state index contributed by atoms with van der Waals surface area (Å²) in [5.74, 6) is -0.634. The summed E-state index contributed by atoms with van der Waals surface area (Å²) in [6.45, 7) is 1.97. The number of carbonyl (C=O) groups excluding carboxylic acids is 2. The maximum Gasteiger partial charge on any atom is 0.303 e. The van der Waals surface area contributed by atoms with Crippen LogP contribution in [0, 0.1) is 11.8 Å². The van der Waals surface area contributed by atoms with Crippen LogP contribution in [0.1, 0.15) is 44.9 Å². The molecule has 0 bridgehead atoms. The molecular weight excluding hydrogens is 318 g/mol. The molecule has 0 aromatic carbocycles. The van der Waals surface area contributed by atoms with Crippen molar-refractivity contribution >= 4 is 22.0 Å². The maximum absolute atomic E-state index is 12.4. The third-order valence-electron chi connectivity index (χ3n) is 4.91. The predicted molar refractivity (Wildman–Crippen MR) is 84.5 cm³/mol. The van der Waals surface area contributed by atoms with Crippen molar-refractivity contribution in [1.29, 1.82) is 0 Å². The molecule has 2 saturated heterocycles. The first kappa shape index (κ1) is 16.7. The molecule has 0 spiro atoms. The third-order valence-corrected chi connectivity index (χ3v) is 6.42. The molecular formula is C15H25N3O4S. The second kappa shape index (κ2) is 6.76. The van der Waals surface area contributed by atoms with Gasteiger partial charge in [-0.2, -0.15) is 12.7 Å². The van der Waals surface area contributed by atoms with Crippen LogP contribution in [0.5, 0.6) is 0 Å². The number of nitrogens with one attached hydrogen (secondary N) is 1. The summed E-state index contributed by atoms with van der Waals surface area (Å²) in [6.07, 6.45) is 5.96. The largest absolute Gasteiger partial charge is 0.342 e. The van der Waals surface area contributed by atoms with E-state index in [9.17, 15) is 18.0 Å². The van der Waals surface area contributed by atoms with Crippen LogP contribution in [-0.4, -0.2) is 55.6 Å². The maximum atomic E-state index is 12.4. The molecule has 2 heterocycles. The average molecular weight is 343 g/mol. The van der Waals surface area contributed by atoms with Gasteiger partial charge in [-0.3, -0.25) is 9.59 Å². The Kier molecular flexibility index (Phi) is 4.91. The summed E-state index contributed by atoms with van der Waals surface area (Å²) in [5, 5.41) is 0. The van der Waals surface area contributed by atoms with Gasteiger partial charge in [-0.15, -0.1) is 0 Å². The van der Waals surface area contributed by atoms with Gasteiger partial charge < -0.3 is 4.90 Å². The van der Waals surface area contributed by atoms with Gasteiger partial charge in [0.25, 0.3) is 0 Å². The van der Waals surface area contributed by atoms with Crippen molar-refractivity contribution in [3.8, 4) is 0 Å². The average Bonchev–Trinajstić information content (AvgIpc) is 3.40. The summed E-state index contributed by atoms with van der Waals surface area (Å²) in [5.41, 5.74) is 0. The van der Waals surface area contributed by atoms with Crippen molar-refractivity contribution in [3.63, 3.8) is 0 Å². The highest BCUT2D eigenvalue weighted by Crippen LogP contribution is 2.32. The molecule has 0 unspecified atom stereocenters. The van der Waals surface area contributed by atoms with Crippen LogP contribution in [0.4, 0.5) is 0 Å². The minimum Gasteiger partial charge on any atom is -0.342 e. The van der Waals surface area contributed by atoms with E-state index >= 15 is 0 Å². The van der Waals surface area contributed by atoms with Crippen molar-refractivity contribution in [1.82, 2.24) is 13.9 Å². The van der Waals surface area contributed by atoms with Crippen molar-refractivity contribution in [2.24, 2.45) is 11.8 Å². The second-order valence-corrected chi connectivity index (χ2v) is 8.50. The molecule has 2 amide bonds. The van der Waals surface area contributed by atoms with E-state index < -0.39 is 22.0 Å². The Labute approximate surface area is 137 Å². The van der Waals surface area contributed by atoms with Crippen molar-refractivity contribution in [3.05, 3.63) is 0 Å². The van der Waals surface area contributed by atoms with Gasteiger partial charge >= 0.3 is 10.2 Å². The number of likely N-dealkylation sites (tertiary alicyclic amines) is 1. The van der Waals surface area contributed by atoms with Crippen molar-refractivity contribution in [2.45, 2.75) is 44.9 Å². The highest BCUT2D eigenvalue weighted by Gasteiger charge is 2.37. The van der Waals surface area contributed by atoms with Crippen LogP contribution >= 0.6 is 0 Å². The van der Waals surface area contributed by atoms with E-state index in [-0.39, 0.29) is 11.8 Å². The van der Waals surface area contributed by atoms with E-state index in [4.69, 9.17) is 0 Å². The molecule has 3 fully saturated rings. The minimum absolute atomic E-state index is 0.126. The first-order valence-corrected chi connectivity index (χ1v) is 10.0. The van der Waals surface area contributed by atoms with Crippen LogP contribution in [-0.2, 0) is 19.8 Å². The lowest BCUT2D eigenvalue weighted by atomic mass is 9.97. The van der Waals surface area contributed by atoms with Crippen LogP contribution in [0.15, 0.2) is 0 Å². The predicted octanol–water partition coefficient (Wildman–Crippen LogP) is 0.482. The lowest BCUT2D eigenvalue weighted by molar-refractivity contribution is -0.136. The standard InChI is InChI=1S/C15H25N3O4S/c19-14(16-23(21,22)18-9-2-1-3-10-18)13-5-4-8-17(11-13)15(20)12-6-7-12/h12-13H,1-11H2,(H,16,19)/t13-/m0/s1. The molecule has 1 N–H and O–H groups in total. The molecule has 0 radical (unpaired) electrons. The van der Waals surface area contributed by atoms with Crippen LogP contribution in [0.2, 0.25) is 0 Å². The zero-order valence-electron chi connectivity index (χ0n) is 13.4. The molecule has 1 saturated carbocycles. The number of hydrogen-bond acceptors (Lipinski definition) is 4. The topological polar surface area (TPSA) is 86.8 Å². The lowest BCUT2D eigenvalue weighted by Crippen LogP contribution is -2.51. The van der Waals surface area contributed by atoms with Crippen molar-refractivity contribution < 1.29 is 18.0 Å². The zero-order valence-corrected chi connectivity index (χ0v) is 14.2. The number of nitrogens with zero attached hydrogens (tertiary/aromatic N) is 2. The summed E-state index contributed by atoms with van der Waals surface area (Å²) >= 11 is 0. The highest BCUT2D eigenvalue weighted by molar-refractivity contribution is 7.87. The van der Waals surface area contributed by atoms with E-state index in [2.05, 4.69) is 4.72 Å². The van der Waals surface area contributed by atoms with Crippen molar-refractivity contribution in [2.75, 3.05) is 26.2 Å². The van der Waals surface area contributed by atoms with Crippen LogP contribution < -0.4 is 4.72 Å². The van der Waals surface area contributed by atoms with E-state index in [1.54, 1.807) is 4.90 Å². The number of hydrogen-bond donors (Lipinski definition) is 1. The highest BCUT2D eigenvalue weighted by atomic mass is 32.2. The van der Waals surface area contributed by atoms with Gasteiger partial charge in [0.1, 0.15) is 0 Å². The van der Waals surface area contributed by atoms with Crippen LogP contribution in [0.3, 0.4) is 0 Å². The first-order chi connectivity index (χ1) is 11.0. The number of amides is 2. The molecule has 2 aliphatic heterocycles. The molecule has 0 aromatic heterocycles. The quantitative estimate of drug-likeness (QED) is 0.804. The summed E-state index contributed by atoms with van der Waals surface area (Å²) < 4.78 is 28.1. The van der Waals surface area contributed by atoms with E-state index in [0.717, 1.165) is 38.5 Å². The normalized spacial score (nSPS) is 26.8. The van der Waals surface area contributed by atoms with Gasteiger partial charge in [0.05, 0.1) is 5.92 Å². The molecule has 7 nitrogen and oxygen atoms in total. The fraction of sp³-hybridized carbons (Fsp3) is 0.867. The molecule has 130 valence electrons. The van der Waals surface area contributed by atoms with Gasteiger partial charge in [0, 0.05) is 32.1 Å². The molecule has 3 rings (SSSR count). The third kappa shape index (κ3) is 4.03. The number of carbonyl (C=O) groups is 2. The number of rotatable bonds is 4. The van der Waals surface area contributed by atoms with E-state index in [1.807, 2.05) is 0 Å². The van der Waals surface area contributed by atoms with E-state index in [1.165, 1.54) is 4.31 Å². The monoisotopic (exact) mass is 343 g/mol. The van der Waals surface area contributed by atoms with Gasteiger partial charge in [-0.05, 0) is 38.5 Å². The Hall–Kier alpha value is -1.15. The summed E-state index contributed by atoms with van der Waals surface area (Å²) in [4.78, 5) is 26.2. The first-order valence-electron chi connectivity index (χ1n) is 8.58. The Balaban J connectivity index is 1.57. The second-order valence-electron chi connectivity index (χ2n) is 6.83. The Bertz CT molecular complexity index is 567. The Morgan fingerprint density at radius 2 is 1.57 bits per heavy atom. The van der Waals surface area contributed by atoms with Gasteiger partial charge in [0.15, 0.2) is 0 Å². The van der Waals surface area contributed by atoms with Crippen LogP contribution in [0.25, 0.3) is 0 Å². The smallest absolute Gasteiger partial charge is 0.303 e. The Morgan fingerprint density at radius 3 is 2.22 bits per heavy atom. The fourth-order valence-electron chi connectivity index (χ4n) is 3.36. The van der Waals surface area contributed by atoms with Gasteiger partial charge in [-0.25, -0.2) is 4.72 Å². The fourth-order valence-corrected chi connectivity index (χ4v) is 4.65. The summed E-state index contributed by atoms with van der Waals surface area (Å²) in [7, 11) is -3.74. The van der Waals surface area contributed by atoms with Gasteiger partial charge in [-0.1, -0.05) is 6.42 Å². The number of piperidine rings is 2. The SMILES string of the molecule is O=C(NS(=O)(=O)N1CCCCC1)[C@H]1CCCN(C(=O)C2CC2)C1.